The van der Waals surface area contributed by atoms with Gasteiger partial charge in [-0.25, -0.2) is 4.98 Å². The van der Waals surface area contributed by atoms with Crippen LogP contribution in [-0.2, 0) is 9.53 Å². The molecule has 1 saturated carbocycles. The van der Waals surface area contributed by atoms with Crippen LogP contribution in [0.1, 0.15) is 56.0 Å². The summed E-state index contributed by atoms with van der Waals surface area (Å²) in [5, 5.41) is 7.33. The maximum atomic E-state index is 14.2. The van der Waals surface area contributed by atoms with Crippen LogP contribution in [0.5, 0.6) is 0 Å². The zero-order valence-corrected chi connectivity index (χ0v) is 22.1. The number of nitrogens with two attached hydrogens (primary N) is 1. The van der Waals surface area contributed by atoms with Crippen LogP contribution in [0.3, 0.4) is 0 Å². The number of carbonyl (C=O) groups is 1. The normalized spacial score (nSPS) is 19.8. The second-order valence-electron chi connectivity index (χ2n) is 9.62. The number of halogens is 4. The van der Waals surface area contributed by atoms with Crippen LogP contribution < -0.4 is 11.1 Å². The summed E-state index contributed by atoms with van der Waals surface area (Å²) in [7, 11) is 2.76. The lowest BCUT2D eigenvalue weighted by Gasteiger charge is -2.35. The highest BCUT2D eigenvalue weighted by atomic mass is 35.5. The highest BCUT2D eigenvalue weighted by Crippen LogP contribution is 2.40. The minimum Gasteiger partial charge on any atom is -0.375 e. The molecule has 0 unspecified atom stereocenters. The molecule has 2 heterocycles. The maximum Gasteiger partial charge on any atom is 0.413 e. The quantitative estimate of drug-likeness (QED) is 0.401. The molecule has 0 bridgehead atoms. The number of rotatable bonds is 8. The number of benzene rings is 1. The molecule has 4 rings (SSSR count). The van der Waals surface area contributed by atoms with Gasteiger partial charge in [0.15, 0.2) is 6.04 Å². The van der Waals surface area contributed by atoms with Crippen LogP contribution in [0.2, 0.25) is 5.28 Å². The van der Waals surface area contributed by atoms with Gasteiger partial charge in [0.25, 0.3) is 5.78 Å². The Balaban J connectivity index is 1.57. The molecule has 1 fully saturated rings. The van der Waals surface area contributed by atoms with Gasteiger partial charge in [0.1, 0.15) is 0 Å². The van der Waals surface area contributed by atoms with Crippen molar-refractivity contribution in [3.8, 4) is 0 Å². The van der Waals surface area contributed by atoms with Crippen LogP contribution in [0, 0.1) is 11.8 Å². The van der Waals surface area contributed by atoms with Gasteiger partial charge in [0.05, 0.1) is 23.7 Å². The molecule has 0 radical (unpaired) electrons. The molecule has 206 valence electrons. The highest BCUT2D eigenvalue weighted by Gasteiger charge is 2.46. The molecule has 1 aliphatic rings. The summed E-state index contributed by atoms with van der Waals surface area (Å²) in [6.07, 6.45) is -0.924. The summed E-state index contributed by atoms with van der Waals surface area (Å²) in [6.45, 7) is 2.34. The third kappa shape index (κ3) is 5.87. The van der Waals surface area contributed by atoms with Gasteiger partial charge < -0.3 is 20.7 Å². The third-order valence-corrected chi connectivity index (χ3v) is 7.36. The first-order valence-electron chi connectivity index (χ1n) is 12.4. The van der Waals surface area contributed by atoms with Crippen LogP contribution in [0.15, 0.2) is 30.5 Å². The predicted molar refractivity (Wildman–Crippen MR) is 137 cm³/mol. The molecule has 9 nitrogen and oxygen atoms in total. The first-order valence-corrected chi connectivity index (χ1v) is 12.8. The molecular weight excluding hydrogens is 523 g/mol. The second kappa shape index (κ2) is 11.4. The number of aromatic nitrogens is 4. The molecule has 2 atom stereocenters. The number of hydrogen-bond acceptors (Lipinski definition) is 7. The summed E-state index contributed by atoms with van der Waals surface area (Å²) in [5.74, 6) is -0.309. The number of anilines is 2. The summed E-state index contributed by atoms with van der Waals surface area (Å²) in [5.41, 5.74) is 7.30. The lowest BCUT2D eigenvalue weighted by molar-refractivity contribution is -0.191. The van der Waals surface area contributed by atoms with E-state index >= 15 is 0 Å². The number of nitrogens with zero attached hydrogens (tertiary/aromatic N) is 5. The van der Waals surface area contributed by atoms with E-state index in [0.717, 1.165) is 17.7 Å². The maximum absolute atomic E-state index is 14.2. The summed E-state index contributed by atoms with van der Waals surface area (Å²) >= 11 is 5.94. The van der Waals surface area contributed by atoms with E-state index in [-0.39, 0.29) is 16.6 Å². The van der Waals surface area contributed by atoms with E-state index in [1.165, 1.54) is 49.1 Å². The number of nitrogens with one attached hydrogen (secondary N) is 1. The van der Waals surface area contributed by atoms with Crippen LogP contribution >= 0.6 is 11.6 Å². The number of hydrogen-bond donors (Lipinski definition) is 2. The van der Waals surface area contributed by atoms with E-state index < -0.39 is 30.1 Å². The van der Waals surface area contributed by atoms with E-state index in [0.29, 0.717) is 42.4 Å². The standard InChI is InChI=1S/C25H31ClF3N7O2/c1-14(38-3)20-19(13-31-24-33-23(26)34-36(20)24)32-18-10-8-16(9-11-18)21(25(27,28)29)35(2)22(37)17-6-4-15(12-30)5-7-17/h8-11,13-15,17,21,32H,4-7,12,30H2,1-3H3/t14-,15?,17?,21-/m0/s1. The molecule has 1 aliphatic carbocycles. The number of amides is 1. The molecule has 3 aromatic rings. The van der Waals surface area contributed by atoms with Crippen molar-refractivity contribution in [2.24, 2.45) is 17.6 Å². The number of methoxy groups -OCH3 is 1. The number of ether oxygens (including phenoxy) is 1. The average molecular weight is 554 g/mol. The fourth-order valence-electron chi connectivity index (χ4n) is 5.02. The first-order chi connectivity index (χ1) is 18.0. The monoisotopic (exact) mass is 553 g/mol. The van der Waals surface area contributed by atoms with Gasteiger partial charge >= 0.3 is 6.18 Å². The molecule has 0 spiro atoms. The molecule has 1 amide bonds. The Labute approximate surface area is 223 Å². The van der Waals surface area contributed by atoms with Crippen molar-refractivity contribution in [2.75, 3.05) is 26.0 Å². The zero-order chi connectivity index (χ0) is 27.6. The Hall–Kier alpha value is -2.96. The lowest BCUT2D eigenvalue weighted by atomic mass is 9.81. The Bertz CT molecular complexity index is 1260. The van der Waals surface area contributed by atoms with E-state index in [4.69, 9.17) is 22.1 Å². The van der Waals surface area contributed by atoms with Crippen LogP contribution in [0.25, 0.3) is 5.78 Å². The minimum atomic E-state index is -4.64. The largest absolute Gasteiger partial charge is 0.413 e. The Morgan fingerprint density at radius 3 is 2.50 bits per heavy atom. The van der Waals surface area contributed by atoms with Crippen molar-refractivity contribution in [3.05, 3.63) is 47.0 Å². The van der Waals surface area contributed by atoms with E-state index in [1.54, 1.807) is 0 Å². The number of carbonyl (C=O) groups excluding carboxylic acids is 1. The fraction of sp³-hybridized carbons (Fsp3) is 0.520. The fourth-order valence-corrected chi connectivity index (χ4v) is 5.17. The molecular formula is C25H31ClF3N7O2. The Morgan fingerprint density at radius 1 is 1.26 bits per heavy atom. The van der Waals surface area contributed by atoms with E-state index in [9.17, 15) is 18.0 Å². The van der Waals surface area contributed by atoms with E-state index in [1.807, 2.05) is 6.92 Å². The number of alkyl halides is 3. The predicted octanol–water partition coefficient (Wildman–Crippen LogP) is 5.06. The van der Waals surface area contributed by atoms with Gasteiger partial charge in [0.2, 0.25) is 11.2 Å². The zero-order valence-electron chi connectivity index (χ0n) is 21.4. The van der Waals surface area contributed by atoms with Crippen molar-refractivity contribution in [2.45, 2.75) is 50.9 Å². The SMILES string of the molecule is CO[C@@H](C)c1c(Nc2ccc([C@H](N(C)C(=O)C3CCC(CN)CC3)C(F)(F)F)cc2)cnc2nc(Cl)nn12. The van der Waals surface area contributed by atoms with Gasteiger partial charge in [-0.05, 0) is 74.4 Å². The van der Waals surface area contributed by atoms with Gasteiger partial charge in [-0.15, -0.1) is 5.10 Å². The van der Waals surface area contributed by atoms with Gasteiger partial charge in [-0.2, -0.15) is 22.7 Å². The molecule has 3 N–H and O–H groups in total. The average Bonchev–Trinajstić information content (AvgIpc) is 3.28. The topological polar surface area (TPSA) is 111 Å². The summed E-state index contributed by atoms with van der Waals surface area (Å²) in [4.78, 5) is 22.2. The molecule has 38 heavy (non-hydrogen) atoms. The minimum absolute atomic E-state index is 0.0211. The molecule has 1 aromatic carbocycles. The molecule has 0 saturated heterocycles. The molecule has 13 heteroatoms. The van der Waals surface area contributed by atoms with Crippen molar-refractivity contribution in [1.82, 2.24) is 24.5 Å². The summed E-state index contributed by atoms with van der Waals surface area (Å²) in [6, 6.07) is 3.73. The smallest absolute Gasteiger partial charge is 0.375 e. The van der Waals surface area contributed by atoms with E-state index in [2.05, 4.69) is 20.4 Å². The van der Waals surface area contributed by atoms with Crippen LogP contribution in [0.4, 0.5) is 24.5 Å². The van der Waals surface area contributed by atoms with Gasteiger partial charge in [-0.3, -0.25) is 4.79 Å². The Kier molecular flexibility index (Phi) is 8.43. The van der Waals surface area contributed by atoms with Crippen molar-refractivity contribution in [1.29, 1.82) is 0 Å². The van der Waals surface area contributed by atoms with Crippen LogP contribution in [-0.4, -0.2) is 57.3 Å². The van der Waals surface area contributed by atoms with Crippen molar-refractivity contribution >= 4 is 34.7 Å². The van der Waals surface area contributed by atoms with Crippen molar-refractivity contribution < 1.29 is 22.7 Å². The molecule has 2 aromatic heterocycles. The number of fused-ring (bicyclic) bond motifs is 1. The lowest BCUT2D eigenvalue weighted by Crippen LogP contribution is -2.43. The Morgan fingerprint density at radius 2 is 1.92 bits per heavy atom. The van der Waals surface area contributed by atoms with Crippen molar-refractivity contribution in [3.63, 3.8) is 0 Å². The second-order valence-corrected chi connectivity index (χ2v) is 9.96. The molecule has 0 aliphatic heterocycles. The van der Waals surface area contributed by atoms with Gasteiger partial charge in [-0.1, -0.05) is 12.1 Å². The third-order valence-electron chi connectivity index (χ3n) is 7.20. The van der Waals surface area contributed by atoms with Gasteiger partial charge in [0, 0.05) is 25.8 Å². The summed E-state index contributed by atoms with van der Waals surface area (Å²) < 4.78 is 49.5. The first kappa shape index (κ1) is 28.1. The highest BCUT2D eigenvalue weighted by molar-refractivity contribution is 6.28.